The third kappa shape index (κ3) is 5.25. The maximum atomic E-state index is 12.0. The number of hydrogen-bond acceptors (Lipinski definition) is 7. The van der Waals surface area contributed by atoms with Gasteiger partial charge in [0.2, 0.25) is 5.91 Å². The molecule has 25 heavy (non-hydrogen) atoms. The lowest BCUT2D eigenvalue weighted by molar-refractivity contribution is -0.137. The fraction of sp³-hybridized carbons (Fsp3) is 0.353. The summed E-state index contributed by atoms with van der Waals surface area (Å²) in [5, 5.41) is 0.504. The number of hydrogen-bond donors (Lipinski definition) is 0. The van der Waals surface area contributed by atoms with Gasteiger partial charge in [0, 0.05) is 0 Å². The van der Waals surface area contributed by atoms with Crippen molar-refractivity contribution in [2.24, 2.45) is 0 Å². The van der Waals surface area contributed by atoms with Crippen molar-refractivity contribution in [1.29, 1.82) is 0 Å². The van der Waals surface area contributed by atoms with Crippen LogP contribution < -0.4 is 4.74 Å². The molecule has 1 aromatic rings. The predicted octanol–water partition coefficient (Wildman–Crippen LogP) is 1.83. The molecule has 8 heteroatoms. The molecule has 1 fully saturated rings. The molecule has 0 N–H and O–H groups in total. The van der Waals surface area contributed by atoms with Crippen molar-refractivity contribution in [2.75, 3.05) is 32.6 Å². The molecule has 134 valence electrons. The normalized spacial score (nSPS) is 15.4. The van der Waals surface area contributed by atoms with Crippen molar-refractivity contribution < 1.29 is 28.6 Å². The van der Waals surface area contributed by atoms with Crippen LogP contribution in [0.25, 0.3) is 0 Å². The minimum atomic E-state index is -0.500. The van der Waals surface area contributed by atoms with Crippen LogP contribution in [0.5, 0.6) is 5.75 Å². The van der Waals surface area contributed by atoms with Gasteiger partial charge in [-0.2, -0.15) is 0 Å². The summed E-state index contributed by atoms with van der Waals surface area (Å²) < 4.78 is 15.1. The van der Waals surface area contributed by atoms with Crippen LogP contribution in [0, 0.1) is 0 Å². The molecular formula is C17H19NO6S. The van der Waals surface area contributed by atoms with Crippen LogP contribution >= 0.6 is 11.8 Å². The molecule has 0 saturated carbocycles. The monoisotopic (exact) mass is 365 g/mol. The smallest absolute Gasteiger partial charge is 0.338 e. The molecule has 0 atom stereocenters. The Kier molecular flexibility index (Phi) is 6.88. The molecule has 1 amide bonds. The first-order valence-electron chi connectivity index (χ1n) is 7.68. The molecule has 0 radical (unpaired) electrons. The van der Waals surface area contributed by atoms with Gasteiger partial charge < -0.3 is 19.1 Å². The van der Waals surface area contributed by atoms with Crippen molar-refractivity contribution in [3.8, 4) is 5.75 Å². The summed E-state index contributed by atoms with van der Waals surface area (Å²) in [6, 6.07) is 6.53. The Labute approximate surface area is 149 Å². The van der Waals surface area contributed by atoms with Gasteiger partial charge in [-0.1, -0.05) is 11.8 Å². The summed E-state index contributed by atoms with van der Waals surface area (Å²) >= 11 is 1.25. The number of methoxy groups -OCH3 is 1. The molecule has 1 heterocycles. The third-order valence-electron chi connectivity index (χ3n) is 3.31. The van der Waals surface area contributed by atoms with E-state index in [4.69, 9.17) is 14.2 Å². The Morgan fingerprint density at radius 2 is 1.96 bits per heavy atom. The second-order valence-corrected chi connectivity index (χ2v) is 5.93. The zero-order valence-electron chi connectivity index (χ0n) is 14.0. The molecule has 1 aliphatic heterocycles. The topological polar surface area (TPSA) is 82.1 Å². The van der Waals surface area contributed by atoms with Gasteiger partial charge in [0.15, 0.2) is 0 Å². The Hall–Kier alpha value is -2.48. The number of carbonyl (C=O) groups excluding carboxylic acids is 3. The first kappa shape index (κ1) is 18.9. The lowest BCUT2D eigenvalue weighted by Gasteiger charge is -2.16. The summed E-state index contributed by atoms with van der Waals surface area (Å²) in [6.07, 6.45) is 1.28. The fourth-order valence-corrected chi connectivity index (χ4v) is 3.05. The van der Waals surface area contributed by atoms with Crippen LogP contribution in [0.4, 0.5) is 0 Å². The highest BCUT2D eigenvalue weighted by atomic mass is 32.2. The van der Waals surface area contributed by atoms with Gasteiger partial charge in [-0.3, -0.25) is 4.79 Å². The highest BCUT2D eigenvalue weighted by Gasteiger charge is 2.27. The molecule has 0 aliphatic carbocycles. The zero-order valence-corrected chi connectivity index (χ0v) is 14.8. The molecule has 1 aliphatic rings. The maximum Gasteiger partial charge on any atom is 0.338 e. The van der Waals surface area contributed by atoms with Crippen LogP contribution in [-0.2, 0) is 19.1 Å². The van der Waals surface area contributed by atoms with E-state index in [9.17, 15) is 14.4 Å². The van der Waals surface area contributed by atoms with Crippen LogP contribution in [0.2, 0.25) is 0 Å². The first-order chi connectivity index (χ1) is 12.0. The molecule has 1 saturated heterocycles. The highest BCUT2D eigenvalue weighted by Crippen LogP contribution is 2.28. The number of thioether (sulfide) groups is 1. The van der Waals surface area contributed by atoms with E-state index in [0.29, 0.717) is 16.3 Å². The summed E-state index contributed by atoms with van der Waals surface area (Å²) in [6.45, 7) is 2.18. The first-order valence-corrected chi connectivity index (χ1v) is 8.66. The molecule has 0 aromatic heterocycles. The minimum Gasteiger partial charge on any atom is -0.497 e. The number of ether oxygens (including phenoxy) is 3. The average Bonchev–Trinajstić information content (AvgIpc) is 2.95. The third-order valence-corrected chi connectivity index (χ3v) is 4.34. The molecule has 1 aromatic carbocycles. The lowest BCUT2D eigenvalue weighted by atomic mass is 10.2. The second-order valence-electron chi connectivity index (χ2n) is 4.93. The summed E-state index contributed by atoms with van der Waals surface area (Å²) in [7, 11) is 1.54. The standard InChI is InChI=1S/C17H19NO6S/c1-3-23-16(20)10-15-18(14(19)11-25-15)8-9-24-17(21)12-4-6-13(22-2)7-5-12/h4-7,10H,3,8-9,11H2,1-2H3/b15-10-. The summed E-state index contributed by atoms with van der Waals surface area (Å²) in [5.41, 5.74) is 0.394. The van der Waals surface area contributed by atoms with E-state index < -0.39 is 11.9 Å². The second kappa shape index (κ2) is 9.12. The Morgan fingerprint density at radius 1 is 1.24 bits per heavy atom. The minimum absolute atomic E-state index is 0.0251. The maximum absolute atomic E-state index is 12.0. The largest absolute Gasteiger partial charge is 0.497 e. The van der Waals surface area contributed by atoms with Crippen molar-refractivity contribution in [3.63, 3.8) is 0 Å². The average molecular weight is 365 g/mol. The van der Waals surface area contributed by atoms with E-state index in [-0.39, 0.29) is 31.4 Å². The van der Waals surface area contributed by atoms with E-state index in [1.807, 2.05) is 0 Å². The highest BCUT2D eigenvalue weighted by molar-refractivity contribution is 8.04. The van der Waals surface area contributed by atoms with E-state index in [0.717, 1.165) is 0 Å². The van der Waals surface area contributed by atoms with Gasteiger partial charge in [-0.15, -0.1) is 0 Å². The summed E-state index contributed by atoms with van der Waals surface area (Å²) in [5.74, 6) is -0.235. The zero-order chi connectivity index (χ0) is 18.2. The van der Waals surface area contributed by atoms with Crippen molar-refractivity contribution in [2.45, 2.75) is 6.92 Å². The van der Waals surface area contributed by atoms with E-state index >= 15 is 0 Å². The molecular weight excluding hydrogens is 346 g/mol. The van der Waals surface area contributed by atoms with Gasteiger partial charge in [0.05, 0.1) is 42.7 Å². The molecule has 0 bridgehead atoms. The Bertz CT molecular complexity index is 670. The Balaban J connectivity index is 1.89. The van der Waals surface area contributed by atoms with Gasteiger partial charge in [0.25, 0.3) is 0 Å². The van der Waals surface area contributed by atoms with E-state index in [1.165, 1.54) is 22.7 Å². The van der Waals surface area contributed by atoms with Crippen molar-refractivity contribution in [3.05, 3.63) is 40.9 Å². The van der Waals surface area contributed by atoms with Gasteiger partial charge in [-0.25, -0.2) is 9.59 Å². The number of amides is 1. The number of benzene rings is 1. The quantitative estimate of drug-likeness (QED) is 0.538. The van der Waals surface area contributed by atoms with Crippen LogP contribution in [-0.4, -0.2) is 55.4 Å². The Morgan fingerprint density at radius 3 is 2.60 bits per heavy atom. The molecule has 0 spiro atoms. The number of carbonyl (C=O) groups is 3. The number of rotatable bonds is 7. The predicted molar refractivity (Wildman–Crippen MR) is 92.2 cm³/mol. The molecule has 7 nitrogen and oxygen atoms in total. The van der Waals surface area contributed by atoms with Crippen molar-refractivity contribution in [1.82, 2.24) is 4.90 Å². The van der Waals surface area contributed by atoms with E-state index in [2.05, 4.69) is 0 Å². The van der Waals surface area contributed by atoms with Crippen molar-refractivity contribution >= 4 is 29.6 Å². The van der Waals surface area contributed by atoms with Crippen LogP contribution in [0.1, 0.15) is 17.3 Å². The fourth-order valence-electron chi connectivity index (χ4n) is 2.09. The van der Waals surface area contributed by atoms with Crippen LogP contribution in [0.3, 0.4) is 0 Å². The number of nitrogens with zero attached hydrogens (tertiary/aromatic N) is 1. The summed E-state index contributed by atoms with van der Waals surface area (Å²) in [4.78, 5) is 36.8. The van der Waals surface area contributed by atoms with E-state index in [1.54, 1.807) is 38.3 Å². The number of esters is 2. The van der Waals surface area contributed by atoms with Gasteiger partial charge in [-0.05, 0) is 31.2 Å². The lowest BCUT2D eigenvalue weighted by Crippen LogP contribution is -2.29. The SMILES string of the molecule is CCOC(=O)/C=C1\SCC(=O)N1CCOC(=O)c1ccc(OC)cc1. The van der Waals surface area contributed by atoms with Gasteiger partial charge in [0.1, 0.15) is 12.4 Å². The van der Waals surface area contributed by atoms with Gasteiger partial charge >= 0.3 is 11.9 Å². The van der Waals surface area contributed by atoms with Crippen LogP contribution in [0.15, 0.2) is 35.4 Å². The molecule has 2 rings (SSSR count). The molecule has 0 unspecified atom stereocenters.